The zero-order valence-electron chi connectivity index (χ0n) is 14.6. The normalized spacial score (nSPS) is 18.9. The first-order chi connectivity index (χ1) is 12.2. The van der Waals surface area contributed by atoms with E-state index in [-0.39, 0.29) is 11.8 Å². The summed E-state index contributed by atoms with van der Waals surface area (Å²) in [5, 5.41) is 3.01. The lowest BCUT2D eigenvalue weighted by molar-refractivity contribution is -0.121. The summed E-state index contributed by atoms with van der Waals surface area (Å²) in [5.41, 5.74) is 1.81. The predicted molar refractivity (Wildman–Crippen MR) is 98.2 cm³/mol. The van der Waals surface area contributed by atoms with E-state index in [1.54, 1.807) is 0 Å². The SMILES string of the molecule is Cc1cc(NC(=O)C2CCN(C3CC3)CC2)nc(-c2ccccc2)n1. The summed E-state index contributed by atoms with van der Waals surface area (Å²) < 4.78 is 0. The Balaban J connectivity index is 1.43. The maximum absolute atomic E-state index is 12.6. The molecule has 1 amide bonds. The van der Waals surface area contributed by atoms with Gasteiger partial charge in [-0.1, -0.05) is 30.3 Å². The number of rotatable bonds is 4. The van der Waals surface area contributed by atoms with Crippen molar-refractivity contribution in [1.29, 1.82) is 0 Å². The van der Waals surface area contributed by atoms with E-state index in [1.807, 2.05) is 43.3 Å². The van der Waals surface area contributed by atoms with E-state index < -0.39 is 0 Å². The lowest BCUT2D eigenvalue weighted by atomic mass is 9.96. The van der Waals surface area contributed by atoms with Crippen molar-refractivity contribution in [3.63, 3.8) is 0 Å². The van der Waals surface area contributed by atoms with Crippen LogP contribution in [-0.2, 0) is 4.79 Å². The number of aromatic nitrogens is 2. The molecule has 25 heavy (non-hydrogen) atoms. The van der Waals surface area contributed by atoms with Crippen LogP contribution >= 0.6 is 0 Å². The minimum atomic E-state index is 0.0884. The van der Waals surface area contributed by atoms with Crippen LogP contribution in [0.4, 0.5) is 5.82 Å². The first kappa shape index (κ1) is 16.2. The van der Waals surface area contributed by atoms with Crippen LogP contribution in [-0.4, -0.2) is 39.9 Å². The molecule has 130 valence electrons. The fraction of sp³-hybridized carbons (Fsp3) is 0.450. The highest BCUT2D eigenvalue weighted by molar-refractivity contribution is 5.92. The molecule has 1 N–H and O–H groups in total. The van der Waals surface area contributed by atoms with Crippen LogP contribution in [0.25, 0.3) is 11.4 Å². The molecule has 0 bridgehead atoms. The average Bonchev–Trinajstić information content (AvgIpc) is 3.47. The largest absolute Gasteiger partial charge is 0.310 e. The number of nitrogens with zero attached hydrogens (tertiary/aromatic N) is 3. The Labute approximate surface area is 148 Å². The first-order valence-corrected chi connectivity index (χ1v) is 9.15. The van der Waals surface area contributed by atoms with E-state index in [4.69, 9.17) is 0 Å². The quantitative estimate of drug-likeness (QED) is 0.931. The second kappa shape index (κ2) is 6.92. The Morgan fingerprint density at radius 2 is 1.80 bits per heavy atom. The summed E-state index contributed by atoms with van der Waals surface area (Å²) >= 11 is 0. The molecule has 1 aliphatic heterocycles. The lowest BCUT2D eigenvalue weighted by Crippen LogP contribution is -2.39. The summed E-state index contributed by atoms with van der Waals surface area (Å²) in [4.78, 5) is 24.2. The third-order valence-electron chi connectivity index (χ3n) is 5.10. The molecule has 1 aliphatic carbocycles. The van der Waals surface area contributed by atoms with Gasteiger partial charge in [-0.2, -0.15) is 0 Å². The van der Waals surface area contributed by atoms with Crippen LogP contribution in [0.3, 0.4) is 0 Å². The van der Waals surface area contributed by atoms with Crippen LogP contribution in [0.15, 0.2) is 36.4 Å². The van der Waals surface area contributed by atoms with Gasteiger partial charge in [-0.3, -0.25) is 4.79 Å². The molecule has 1 aromatic heterocycles. The minimum absolute atomic E-state index is 0.0884. The van der Waals surface area contributed by atoms with Gasteiger partial charge in [0.2, 0.25) is 5.91 Å². The van der Waals surface area contributed by atoms with Crippen LogP contribution in [0.1, 0.15) is 31.4 Å². The number of likely N-dealkylation sites (tertiary alicyclic amines) is 1. The van der Waals surface area contributed by atoms with E-state index in [9.17, 15) is 4.79 Å². The molecule has 5 heteroatoms. The van der Waals surface area contributed by atoms with Crippen LogP contribution in [0, 0.1) is 12.8 Å². The van der Waals surface area contributed by atoms with Gasteiger partial charge in [0.05, 0.1) is 0 Å². The highest BCUT2D eigenvalue weighted by Crippen LogP contribution is 2.31. The highest BCUT2D eigenvalue weighted by Gasteiger charge is 2.33. The number of anilines is 1. The fourth-order valence-electron chi connectivity index (χ4n) is 3.54. The van der Waals surface area contributed by atoms with Gasteiger partial charge in [-0.25, -0.2) is 9.97 Å². The van der Waals surface area contributed by atoms with Crippen LogP contribution < -0.4 is 5.32 Å². The van der Waals surface area contributed by atoms with Crippen molar-refractivity contribution in [3.8, 4) is 11.4 Å². The lowest BCUT2D eigenvalue weighted by Gasteiger charge is -2.31. The number of nitrogens with one attached hydrogen (secondary N) is 1. The van der Waals surface area contributed by atoms with Crippen molar-refractivity contribution in [3.05, 3.63) is 42.1 Å². The van der Waals surface area contributed by atoms with Gasteiger partial charge in [-0.05, 0) is 45.7 Å². The Hall–Kier alpha value is -2.27. The number of aryl methyl sites for hydroxylation is 1. The maximum atomic E-state index is 12.6. The van der Waals surface area contributed by atoms with Crippen molar-refractivity contribution >= 4 is 11.7 Å². The Morgan fingerprint density at radius 1 is 1.08 bits per heavy atom. The molecule has 0 spiro atoms. The summed E-state index contributed by atoms with van der Waals surface area (Å²) in [6.07, 6.45) is 4.55. The first-order valence-electron chi connectivity index (χ1n) is 9.15. The monoisotopic (exact) mass is 336 g/mol. The van der Waals surface area contributed by atoms with Gasteiger partial charge in [0.1, 0.15) is 5.82 Å². The second-order valence-electron chi connectivity index (χ2n) is 7.11. The topological polar surface area (TPSA) is 58.1 Å². The molecule has 0 unspecified atom stereocenters. The van der Waals surface area contributed by atoms with Crippen LogP contribution in [0.5, 0.6) is 0 Å². The standard InChI is InChI=1S/C20H24N4O/c1-14-13-18(22-19(21-14)15-5-3-2-4-6-15)23-20(25)16-9-11-24(12-10-16)17-7-8-17/h2-6,13,16-17H,7-12H2,1H3,(H,21,22,23,25). The fourth-order valence-corrected chi connectivity index (χ4v) is 3.54. The molecule has 1 aromatic carbocycles. The summed E-state index contributed by atoms with van der Waals surface area (Å²) in [6.45, 7) is 4.01. The summed E-state index contributed by atoms with van der Waals surface area (Å²) in [5.74, 6) is 1.43. The highest BCUT2D eigenvalue weighted by atomic mass is 16.1. The van der Waals surface area contributed by atoms with E-state index in [1.165, 1.54) is 12.8 Å². The molecular formula is C20H24N4O. The molecule has 5 nitrogen and oxygen atoms in total. The molecule has 2 aromatic rings. The summed E-state index contributed by atoms with van der Waals surface area (Å²) in [6, 6.07) is 12.5. The molecule has 2 aliphatic rings. The maximum Gasteiger partial charge on any atom is 0.228 e. The van der Waals surface area contributed by atoms with Crippen molar-refractivity contribution in [1.82, 2.24) is 14.9 Å². The van der Waals surface area contributed by atoms with Crippen molar-refractivity contribution in [2.24, 2.45) is 5.92 Å². The third-order valence-corrected chi connectivity index (χ3v) is 5.10. The molecule has 2 fully saturated rings. The number of hydrogen-bond donors (Lipinski definition) is 1. The van der Waals surface area contributed by atoms with Crippen LogP contribution in [0.2, 0.25) is 0 Å². The number of hydrogen-bond acceptors (Lipinski definition) is 4. The molecular weight excluding hydrogens is 312 g/mol. The van der Waals surface area contributed by atoms with Gasteiger partial charge in [0.25, 0.3) is 0 Å². The van der Waals surface area contributed by atoms with Crippen molar-refractivity contribution in [2.75, 3.05) is 18.4 Å². The zero-order chi connectivity index (χ0) is 17.2. The van der Waals surface area contributed by atoms with Gasteiger partial charge in [0.15, 0.2) is 5.82 Å². The van der Waals surface area contributed by atoms with Crippen molar-refractivity contribution < 1.29 is 4.79 Å². The number of carbonyl (C=O) groups is 1. The molecule has 0 radical (unpaired) electrons. The molecule has 1 saturated carbocycles. The molecule has 0 atom stereocenters. The van der Waals surface area contributed by atoms with Gasteiger partial charge < -0.3 is 10.2 Å². The molecule has 4 rings (SSSR count). The number of carbonyl (C=O) groups excluding carboxylic acids is 1. The van der Waals surface area contributed by atoms with E-state index in [2.05, 4.69) is 20.2 Å². The molecule has 1 saturated heterocycles. The number of amides is 1. The molecule has 2 heterocycles. The Bertz CT molecular complexity index is 750. The smallest absolute Gasteiger partial charge is 0.228 e. The average molecular weight is 336 g/mol. The van der Waals surface area contributed by atoms with E-state index >= 15 is 0 Å². The zero-order valence-corrected chi connectivity index (χ0v) is 14.6. The van der Waals surface area contributed by atoms with Crippen molar-refractivity contribution in [2.45, 2.75) is 38.6 Å². The predicted octanol–water partition coefficient (Wildman–Crippen LogP) is 3.26. The second-order valence-corrected chi connectivity index (χ2v) is 7.11. The van der Waals surface area contributed by atoms with E-state index in [0.717, 1.165) is 43.2 Å². The van der Waals surface area contributed by atoms with Gasteiger partial charge in [-0.15, -0.1) is 0 Å². The van der Waals surface area contributed by atoms with E-state index in [0.29, 0.717) is 11.6 Å². The third kappa shape index (κ3) is 3.87. The Morgan fingerprint density at radius 3 is 2.48 bits per heavy atom. The number of piperidine rings is 1. The van der Waals surface area contributed by atoms with Gasteiger partial charge >= 0.3 is 0 Å². The van der Waals surface area contributed by atoms with Gasteiger partial charge in [0, 0.05) is 29.3 Å². The Kier molecular flexibility index (Phi) is 4.49. The summed E-state index contributed by atoms with van der Waals surface area (Å²) in [7, 11) is 0. The minimum Gasteiger partial charge on any atom is -0.310 e. The number of benzene rings is 1.